The van der Waals surface area contributed by atoms with Crippen molar-refractivity contribution in [3.63, 3.8) is 0 Å². The summed E-state index contributed by atoms with van der Waals surface area (Å²) in [6.07, 6.45) is 4.80. The van der Waals surface area contributed by atoms with Gasteiger partial charge in [0, 0.05) is 51.8 Å². The molecule has 2 aromatic heterocycles. The summed E-state index contributed by atoms with van der Waals surface area (Å²) < 4.78 is 31.7. The predicted molar refractivity (Wildman–Crippen MR) is 97.2 cm³/mol. The first-order valence-corrected chi connectivity index (χ1v) is 10.4. The van der Waals surface area contributed by atoms with E-state index in [0.29, 0.717) is 36.5 Å². The first-order valence-electron chi connectivity index (χ1n) is 8.97. The molecule has 0 aliphatic carbocycles. The van der Waals surface area contributed by atoms with Gasteiger partial charge in [-0.05, 0) is 18.4 Å². The van der Waals surface area contributed by atoms with Crippen LogP contribution in [-0.4, -0.2) is 57.1 Å². The molecule has 1 aliphatic heterocycles. The second-order valence-electron chi connectivity index (χ2n) is 6.87. The predicted octanol–water partition coefficient (Wildman–Crippen LogP) is 0.675. The Balaban J connectivity index is 1.99. The molecule has 8 nitrogen and oxygen atoms in total. The lowest BCUT2D eigenvalue weighted by molar-refractivity contribution is 0.223. The van der Waals surface area contributed by atoms with Crippen molar-refractivity contribution in [2.45, 2.75) is 37.5 Å². The molecule has 2 atom stereocenters. The van der Waals surface area contributed by atoms with Crippen LogP contribution < -0.4 is 0 Å². The van der Waals surface area contributed by atoms with Crippen molar-refractivity contribution in [3.8, 4) is 0 Å². The summed E-state index contributed by atoms with van der Waals surface area (Å²) in [4.78, 5) is 0.341. The van der Waals surface area contributed by atoms with Gasteiger partial charge in [0.15, 0.2) is 0 Å². The third kappa shape index (κ3) is 3.08. The largest absolute Gasteiger partial charge is 0.396 e. The molecule has 1 fully saturated rings. The fourth-order valence-electron chi connectivity index (χ4n) is 3.87. The van der Waals surface area contributed by atoms with E-state index < -0.39 is 10.0 Å². The van der Waals surface area contributed by atoms with Gasteiger partial charge >= 0.3 is 0 Å². The molecular weight excluding hydrogens is 354 g/mol. The molecule has 9 heteroatoms. The molecule has 0 spiro atoms. The summed E-state index contributed by atoms with van der Waals surface area (Å²) in [5.74, 6) is -0.198. The number of rotatable bonds is 6. The molecule has 144 valence electrons. The lowest BCUT2D eigenvalue weighted by Gasteiger charge is -2.17. The van der Waals surface area contributed by atoms with Crippen LogP contribution in [0.15, 0.2) is 17.3 Å². The van der Waals surface area contributed by atoms with Crippen LogP contribution in [0.2, 0.25) is 0 Å². The Kier molecular flexibility index (Phi) is 5.23. The molecule has 0 radical (unpaired) electrons. The van der Waals surface area contributed by atoms with Crippen LogP contribution >= 0.6 is 0 Å². The Morgan fingerprint density at radius 1 is 1.23 bits per heavy atom. The zero-order valence-electron chi connectivity index (χ0n) is 15.8. The highest BCUT2D eigenvalue weighted by atomic mass is 32.2. The van der Waals surface area contributed by atoms with Crippen LogP contribution in [0, 0.1) is 5.92 Å². The Morgan fingerprint density at radius 3 is 2.50 bits per heavy atom. The summed E-state index contributed by atoms with van der Waals surface area (Å²) in [6.45, 7) is 4.45. The number of aliphatic hydroxyl groups is 1. The summed E-state index contributed by atoms with van der Waals surface area (Å²) in [6, 6.07) is 0. The van der Waals surface area contributed by atoms with Gasteiger partial charge < -0.3 is 5.11 Å². The van der Waals surface area contributed by atoms with E-state index in [-0.39, 0.29) is 18.4 Å². The van der Waals surface area contributed by atoms with Crippen molar-refractivity contribution in [2.24, 2.45) is 20.0 Å². The second-order valence-corrected chi connectivity index (χ2v) is 8.75. The van der Waals surface area contributed by atoms with Crippen molar-refractivity contribution in [2.75, 3.05) is 19.7 Å². The van der Waals surface area contributed by atoms with Gasteiger partial charge in [-0.15, -0.1) is 0 Å². The second kappa shape index (κ2) is 7.13. The Labute approximate surface area is 154 Å². The van der Waals surface area contributed by atoms with Crippen LogP contribution in [0.1, 0.15) is 36.7 Å². The fraction of sp³-hybridized carbons (Fsp3) is 0.647. The van der Waals surface area contributed by atoms with Gasteiger partial charge in [-0.3, -0.25) is 9.36 Å². The third-order valence-electron chi connectivity index (χ3n) is 5.25. The topological polar surface area (TPSA) is 93.2 Å². The summed E-state index contributed by atoms with van der Waals surface area (Å²) >= 11 is 0. The average Bonchev–Trinajstić information content (AvgIpc) is 3.30. The molecule has 0 saturated carbocycles. The molecule has 1 N–H and O–H groups in total. The van der Waals surface area contributed by atoms with Gasteiger partial charge in [-0.1, -0.05) is 13.8 Å². The van der Waals surface area contributed by atoms with E-state index in [1.807, 2.05) is 27.1 Å². The van der Waals surface area contributed by atoms with Crippen molar-refractivity contribution < 1.29 is 13.5 Å². The maximum absolute atomic E-state index is 13.4. The highest BCUT2D eigenvalue weighted by molar-refractivity contribution is 7.89. The first-order chi connectivity index (χ1) is 12.3. The van der Waals surface area contributed by atoms with E-state index in [1.165, 1.54) is 4.31 Å². The van der Waals surface area contributed by atoms with E-state index in [1.54, 1.807) is 22.6 Å². The smallest absolute Gasteiger partial charge is 0.246 e. The van der Waals surface area contributed by atoms with Gasteiger partial charge in [0.2, 0.25) is 10.0 Å². The van der Waals surface area contributed by atoms with Crippen molar-refractivity contribution >= 4 is 10.0 Å². The highest BCUT2D eigenvalue weighted by Gasteiger charge is 2.42. The lowest BCUT2D eigenvalue weighted by Crippen LogP contribution is -2.30. The number of hydrogen-bond acceptors (Lipinski definition) is 5. The molecule has 26 heavy (non-hydrogen) atoms. The minimum absolute atomic E-state index is 0.0557. The summed E-state index contributed by atoms with van der Waals surface area (Å²) in [5, 5.41) is 18.4. The van der Waals surface area contributed by atoms with Crippen LogP contribution in [0.3, 0.4) is 0 Å². The number of hydrogen-bond donors (Lipinski definition) is 1. The van der Waals surface area contributed by atoms with E-state index in [0.717, 1.165) is 11.3 Å². The van der Waals surface area contributed by atoms with Gasteiger partial charge in [-0.2, -0.15) is 14.5 Å². The molecule has 1 aliphatic rings. The number of aromatic nitrogens is 4. The number of aliphatic hydroxyl groups excluding tert-OH is 1. The first kappa shape index (κ1) is 19.1. The van der Waals surface area contributed by atoms with Gasteiger partial charge in [0.25, 0.3) is 0 Å². The standard InChI is InChI=1S/C17H27N5O3S/c1-5-15-17(16(6-2)21(4)19-15)26(24,25)22-9-13(11-23)14(10-22)12-7-18-20(3)8-12/h7-8,13-14,23H,5-6,9-11H2,1-4H3/t13-,14-/m0/s1. The molecule has 3 heterocycles. The zero-order chi connectivity index (χ0) is 19.1. The maximum atomic E-state index is 13.4. The van der Waals surface area contributed by atoms with Gasteiger partial charge in [-0.25, -0.2) is 8.42 Å². The van der Waals surface area contributed by atoms with Crippen LogP contribution in [0.5, 0.6) is 0 Å². The van der Waals surface area contributed by atoms with Crippen LogP contribution in [-0.2, 0) is 37.0 Å². The molecule has 0 aromatic carbocycles. The van der Waals surface area contributed by atoms with Gasteiger partial charge in [0.1, 0.15) is 4.90 Å². The SMILES string of the molecule is CCc1nn(C)c(CC)c1S(=O)(=O)N1C[C@@H](CO)[C@H](c2cnn(C)c2)C1. The molecule has 0 amide bonds. The van der Waals surface area contributed by atoms with Crippen LogP contribution in [0.4, 0.5) is 0 Å². The van der Waals surface area contributed by atoms with Crippen molar-refractivity contribution in [1.82, 2.24) is 23.9 Å². The van der Waals surface area contributed by atoms with E-state index >= 15 is 0 Å². The Bertz CT molecular complexity index is 886. The lowest BCUT2D eigenvalue weighted by atomic mass is 9.92. The minimum Gasteiger partial charge on any atom is -0.396 e. The quantitative estimate of drug-likeness (QED) is 0.794. The molecule has 3 rings (SSSR count). The van der Waals surface area contributed by atoms with Crippen molar-refractivity contribution in [3.05, 3.63) is 29.3 Å². The Hall–Kier alpha value is -1.71. The molecule has 0 unspecified atom stereocenters. The summed E-state index contributed by atoms with van der Waals surface area (Å²) in [7, 11) is -0.0502. The summed E-state index contributed by atoms with van der Waals surface area (Å²) in [5.41, 5.74) is 2.30. The fourth-order valence-corrected chi connectivity index (χ4v) is 5.93. The van der Waals surface area contributed by atoms with Crippen LogP contribution in [0.25, 0.3) is 0 Å². The zero-order valence-corrected chi connectivity index (χ0v) is 16.6. The van der Waals surface area contributed by atoms with Crippen molar-refractivity contribution in [1.29, 1.82) is 0 Å². The molecule has 0 bridgehead atoms. The number of nitrogens with zero attached hydrogens (tertiary/aromatic N) is 5. The van der Waals surface area contributed by atoms with E-state index in [4.69, 9.17) is 0 Å². The third-order valence-corrected chi connectivity index (χ3v) is 7.21. The Morgan fingerprint density at radius 2 is 1.96 bits per heavy atom. The maximum Gasteiger partial charge on any atom is 0.246 e. The molecular formula is C17H27N5O3S. The highest BCUT2D eigenvalue weighted by Crippen LogP contribution is 2.36. The average molecular weight is 382 g/mol. The van der Waals surface area contributed by atoms with Gasteiger partial charge in [0.05, 0.1) is 17.6 Å². The van der Waals surface area contributed by atoms with E-state index in [2.05, 4.69) is 10.2 Å². The van der Waals surface area contributed by atoms with E-state index in [9.17, 15) is 13.5 Å². The monoisotopic (exact) mass is 381 g/mol. The number of sulfonamides is 1. The molecule has 2 aromatic rings. The minimum atomic E-state index is -3.67. The normalized spacial score (nSPS) is 21.6. The number of aryl methyl sites for hydroxylation is 3. The molecule has 1 saturated heterocycles.